The number of aromatic nitrogens is 1. The fourth-order valence-corrected chi connectivity index (χ4v) is 1.05. The summed E-state index contributed by atoms with van der Waals surface area (Å²) in [6.07, 6.45) is 1.75. The van der Waals surface area contributed by atoms with Gasteiger partial charge in [-0.1, -0.05) is 0 Å². The summed E-state index contributed by atoms with van der Waals surface area (Å²) in [5.41, 5.74) is 7.75. The first kappa shape index (κ1) is 9.00. The van der Waals surface area contributed by atoms with E-state index in [1.54, 1.807) is 13.3 Å². The minimum Gasteiger partial charge on any atom is -0.481 e. The smallest absolute Gasteiger partial charge is 0.215 e. The molecule has 0 aliphatic rings. The van der Waals surface area contributed by atoms with Crippen LogP contribution in [0.3, 0.4) is 0 Å². The van der Waals surface area contributed by atoms with Crippen LogP contribution in [0.25, 0.3) is 0 Å². The van der Waals surface area contributed by atoms with Gasteiger partial charge in [-0.25, -0.2) is 4.98 Å². The second-order valence-electron chi connectivity index (χ2n) is 2.88. The second-order valence-corrected chi connectivity index (χ2v) is 2.88. The van der Waals surface area contributed by atoms with Crippen molar-refractivity contribution in [2.24, 2.45) is 5.73 Å². The molecule has 1 rings (SSSR count). The Bertz CT molecular complexity index is 271. The van der Waals surface area contributed by atoms with Crippen LogP contribution in [0.2, 0.25) is 0 Å². The SMILES string of the molecule is COc1ncc(C(C)N)cc1C. The Labute approximate surface area is 72.6 Å². The number of hydrogen-bond donors (Lipinski definition) is 1. The molecule has 0 fully saturated rings. The van der Waals surface area contributed by atoms with Gasteiger partial charge in [-0.3, -0.25) is 0 Å². The summed E-state index contributed by atoms with van der Waals surface area (Å²) in [4.78, 5) is 4.12. The number of pyridine rings is 1. The Hall–Kier alpha value is -1.09. The summed E-state index contributed by atoms with van der Waals surface area (Å²) >= 11 is 0. The van der Waals surface area contributed by atoms with E-state index in [1.165, 1.54) is 0 Å². The molecule has 1 aromatic heterocycles. The van der Waals surface area contributed by atoms with Crippen LogP contribution in [0.1, 0.15) is 24.1 Å². The van der Waals surface area contributed by atoms with Crippen LogP contribution in [0, 0.1) is 6.92 Å². The van der Waals surface area contributed by atoms with Crippen molar-refractivity contribution in [3.8, 4) is 5.88 Å². The number of hydrogen-bond acceptors (Lipinski definition) is 3. The van der Waals surface area contributed by atoms with Crippen molar-refractivity contribution in [3.63, 3.8) is 0 Å². The van der Waals surface area contributed by atoms with Crippen molar-refractivity contribution in [1.29, 1.82) is 0 Å². The molecule has 0 saturated carbocycles. The zero-order valence-electron chi connectivity index (χ0n) is 7.66. The molecule has 0 aliphatic heterocycles. The van der Waals surface area contributed by atoms with Gasteiger partial charge in [0.2, 0.25) is 5.88 Å². The van der Waals surface area contributed by atoms with Crippen molar-refractivity contribution in [3.05, 3.63) is 23.4 Å². The van der Waals surface area contributed by atoms with Crippen molar-refractivity contribution in [1.82, 2.24) is 4.98 Å². The fourth-order valence-electron chi connectivity index (χ4n) is 1.05. The van der Waals surface area contributed by atoms with Gasteiger partial charge in [0, 0.05) is 17.8 Å². The molecule has 66 valence electrons. The van der Waals surface area contributed by atoms with E-state index >= 15 is 0 Å². The van der Waals surface area contributed by atoms with Gasteiger partial charge >= 0.3 is 0 Å². The predicted molar refractivity (Wildman–Crippen MR) is 48.1 cm³/mol. The van der Waals surface area contributed by atoms with Crippen LogP contribution < -0.4 is 10.5 Å². The third-order valence-electron chi connectivity index (χ3n) is 1.77. The Morgan fingerprint density at radius 1 is 1.58 bits per heavy atom. The Morgan fingerprint density at radius 2 is 2.25 bits per heavy atom. The number of methoxy groups -OCH3 is 1. The predicted octanol–water partition coefficient (Wildman–Crippen LogP) is 1.42. The molecule has 0 aromatic carbocycles. The van der Waals surface area contributed by atoms with Crippen LogP contribution in [0.4, 0.5) is 0 Å². The zero-order chi connectivity index (χ0) is 9.14. The van der Waals surface area contributed by atoms with Gasteiger partial charge in [-0.05, 0) is 25.5 Å². The van der Waals surface area contributed by atoms with E-state index < -0.39 is 0 Å². The molecule has 1 aromatic rings. The molecule has 0 bridgehead atoms. The minimum absolute atomic E-state index is 0.0297. The molecule has 1 unspecified atom stereocenters. The quantitative estimate of drug-likeness (QED) is 0.722. The number of nitrogens with zero attached hydrogens (tertiary/aromatic N) is 1. The number of ether oxygens (including phenoxy) is 1. The van der Waals surface area contributed by atoms with Gasteiger partial charge in [0.05, 0.1) is 7.11 Å². The fraction of sp³-hybridized carbons (Fsp3) is 0.444. The first-order chi connectivity index (χ1) is 5.65. The normalized spacial score (nSPS) is 12.7. The van der Waals surface area contributed by atoms with Crippen LogP contribution in [0.15, 0.2) is 12.3 Å². The van der Waals surface area contributed by atoms with Gasteiger partial charge < -0.3 is 10.5 Å². The van der Waals surface area contributed by atoms with Crippen molar-refractivity contribution in [2.45, 2.75) is 19.9 Å². The number of nitrogens with two attached hydrogens (primary N) is 1. The van der Waals surface area contributed by atoms with E-state index in [0.717, 1.165) is 11.1 Å². The Kier molecular flexibility index (Phi) is 2.65. The minimum atomic E-state index is 0.0297. The van der Waals surface area contributed by atoms with Gasteiger partial charge in [0.1, 0.15) is 0 Å². The molecule has 1 atom stereocenters. The van der Waals surface area contributed by atoms with E-state index in [1.807, 2.05) is 19.9 Å². The van der Waals surface area contributed by atoms with Crippen LogP contribution in [-0.2, 0) is 0 Å². The third-order valence-corrected chi connectivity index (χ3v) is 1.77. The highest BCUT2D eigenvalue weighted by Gasteiger charge is 2.03. The summed E-state index contributed by atoms with van der Waals surface area (Å²) in [5.74, 6) is 0.666. The zero-order valence-corrected chi connectivity index (χ0v) is 7.66. The molecular weight excluding hydrogens is 152 g/mol. The van der Waals surface area contributed by atoms with Gasteiger partial charge in [0.25, 0.3) is 0 Å². The molecule has 0 saturated heterocycles. The lowest BCUT2D eigenvalue weighted by atomic mass is 10.1. The second kappa shape index (κ2) is 3.54. The lowest BCUT2D eigenvalue weighted by molar-refractivity contribution is 0.394. The highest BCUT2D eigenvalue weighted by Crippen LogP contribution is 2.17. The topological polar surface area (TPSA) is 48.1 Å². The molecule has 0 radical (unpaired) electrons. The Balaban J connectivity index is 3.02. The van der Waals surface area contributed by atoms with E-state index in [9.17, 15) is 0 Å². The molecule has 3 heteroatoms. The maximum atomic E-state index is 5.69. The van der Waals surface area contributed by atoms with E-state index in [4.69, 9.17) is 10.5 Å². The molecular formula is C9H14N2O. The lowest BCUT2D eigenvalue weighted by Crippen LogP contribution is -2.06. The largest absolute Gasteiger partial charge is 0.481 e. The van der Waals surface area contributed by atoms with Crippen LogP contribution in [-0.4, -0.2) is 12.1 Å². The van der Waals surface area contributed by atoms with E-state index in [0.29, 0.717) is 5.88 Å². The first-order valence-corrected chi connectivity index (χ1v) is 3.91. The van der Waals surface area contributed by atoms with E-state index in [2.05, 4.69) is 4.98 Å². The molecule has 0 aliphatic carbocycles. The molecule has 0 amide bonds. The Morgan fingerprint density at radius 3 is 2.67 bits per heavy atom. The molecule has 1 heterocycles. The highest BCUT2D eigenvalue weighted by atomic mass is 16.5. The maximum Gasteiger partial charge on any atom is 0.215 e. The van der Waals surface area contributed by atoms with Crippen LogP contribution in [0.5, 0.6) is 5.88 Å². The summed E-state index contributed by atoms with van der Waals surface area (Å²) in [7, 11) is 1.61. The third kappa shape index (κ3) is 1.74. The lowest BCUT2D eigenvalue weighted by Gasteiger charge is -2.08. The molecule has 2 N–H and O–H groups in total. The molecule has 12 heavy (non-hydrogen) atoms. The summed E-state index contributed by atoms with van der Waals surface area (Å²) in [6, 6.07) is 2.03. The van der Waals surface area contributed by atoms with E-state index in [-0.39, 0.29) is 6.04 Å². The van der Waals surface area contributed by atoms with Crippen molar-refractivity contribution < 1.29 is 4.74 Å². The molecule has 3 nitrogen and oxygen atoms in total. The van der Waals surface area contributed by atoms with Gasteiger partial charge in [0.15, 0.2) is 0 Å². The summed E-state index contributed by atoms with van der Waals surface area (Å²) in [5, 5.41) is 0. The first-order valence-electron chi connectivity index (χ1n) is 3.91. The number of rotatable bonds is 2. The van der Waals surface area contributed by atoms with Crippen molar-refractivity contribution >= 4 is 0 Å². The maximum absolute atomic E-state index is 5.69. The van der Waals surface area contributed by atoms with Gasteiger partial charge in [-0.2, -0.15) is 0 Å². The number of aryl methyl sites for hydroxylation is 1. The van der Waals surface area contributed by atoms with Crippen LogP contribution >= 0.6 is 0 Å². The van der Waals surface area contributed by atoms with Crippen molar-refractivity contribution in [2.75, 3.05) is 7.11 Å². The highest BCUT2D eigenvalue weighted by molar-refractivity contribution is 5.29. The molecule has 0 spiro atoms. The average Bonchev–Trinajstić information content (AvgIpc) is 2.04. The standard InChI is InChI=1S/C9H14N2O/c1-6-4-8(7(2)10)5-11-9(6)12-3/h4-5,7H,10H2,1-3H3. The average molecular weight is 166 g/mol. The summed E-state index contributed by atoms with van der Waals surface area (Å²) in [6.45, 7) is 3.89. The monoisotopic (exact) mass is 166 g/mol. The van der Waals surface area contributed by atoms with Gasteiger partial charge in [-0.15, -0.1) is 0 Å². The summed E-state index contributed by atoms with van der Waals surface area (Å²) < 4.78 is 5.03.